The van der Waals surface area contributed by atoms with Crippen molar-refractivity contribution < 1.29 is 14.8 Å². The Kier molecular flexibility index (Phi) is 6.69. The van der Waals surface area contributed by atoms with E-state index in [1.807, 2.05) is 26.0 Å². The van der Waals surface area contributed by atoms with Gasteiger partial charge in [-0.05, 0) is 31.0 Å². The minimum absolute atomic E-state index is 0.00831. The van der Waals surface area contributed by atoms with Gasteiger partial charge in [0.1, 0.15) is 5.01 Å². The van der Waals surface area contributed by atoms with Crippen LogP contribution in [0.2, 0.25) is 0 Å². The van der Waals surface area contributed by atoms with Gasteiger partial charge in [0.25, 0.3) is 0 Å². The monoisotopic (exact) mass is 349 g/mol. The van der Waals surface area contributed by atoms with Crippen LogP contribution >= 0.6 is 11.3 Å². The molecule has 0 radical (unpaired) electrons. The van der Waals surface area contributed by atoms with E-state index in [0.717, 1.165) is 28.1 Å². The van der Waals surface area contributed by atoms with Crippen molar-refractivity contribution in [2.45, 2.75) is 39.7 Å². The van der Waals surface area contributed by atoms with Crippen molar-refractivity contribution in [3.63, 3.8) is 0 Å². The molecule has 0 saturated heterocycles. The fourth-order valence-corrected chi connectivity index (χ4v) is 3.49. The van der Waals surface area contributed by atoms with E-state index < -0.39 is 5.92 Å². The summed E-state index contributed by atoms with van der Waals surface area (Å²) in [4.78, 5) is 27.4. The van der Waals surface area contributed by atoms with Crippen LogP contribution in [-0.2, 0) is 16.1 Å². The molecule has 1 unspecified atom stereocenters. The third-order valence-corrected chi connectivity index (χ3v) is 4.83. The minimum Gasteiger partial charge on any atom is -0.349 e. The predicted molar refractivity (Wildman–Crippen MR) is 93.8 cm³/mol. The zero-order valence-corrected chi connectivity index (χ0v) is 14.8. The lowest BCUT2D eigenvalue weighted by Crippen LogP contribution is -2.37. The van der Waals surface area contributed by atoms with Crippen LogP contribution in [0.1, 0.15) is 36.8 Å². The summed E-state index contributed by atoms with van der Waals surface area (Å²) in [6, 6.07) is 6.07. The number of hydrogen-bond acceptors (Lipinski definition) is 5. The number of carbonyl (C=O) groups excluding carboxylic acids is 2. The first-order valence-electron chi connectivity index (χ1n) is 8.08. The normalized spacial score (nSPS) is 12.1. The Morgan fingerprint density at radius 3 is 3.00 bits per heavy atom. The second-order valence-electron chi connectivity index (χ2n) is 5.86. The predicted octanol–water partition coefficient (Wildman–Crippen LogP) is 2.87. The quantitative estimate of drug-likeness (QED) is 0.414. The molecule has 7 heteroatoms. The summed E-state index contributed by atoms with van der Waals surface area (Å²) in [5.74, 6) is -0.587. The van der Waals surface area contributed by atoms with E-state index in [0.29, 0.717) is 24.4 Å². The maximum atomic E-state index is 12.4. The molecule has 1 heterocycles. The molecule has 6 nitrogen and oxygen atoms in total. The summed E-state index contributed by atoms with van der Waals surface area (Å²) in [5, 5.41) is 13.6. The fourth-order valence-electron chi connectivity index (χ4n) is 2.49. The van der Waals surface area contributed by atoms with Gasteiger partial charge in [-0.2, -0.15) is 0 Å². The Labute approximate surface area is 145 Å². The van der Waals surface area contributed by atoms with Crippen LogP contribution in [0.25, 0.3) is 10.2 Å². The smallest absolute Gasteiger partial charge is 0.233 e. The molecule has 0 spiro atoms. The molecule has 0 bridgehead atoms. The van der Waals surface area contributed by atoms with Crippen LogP contribution in [-0.4, -0.2) is 34.1 Å². The number of hydroxylamine groups is 2. The van der Waals surface area contributed by atoms with Crippen LogP contribution in [0.5, 0.6) is 0 Å². The fraction of sp³-hybridized carbons (Fsp3) is 0.471. The molecular weight excluding hydrogens is 326 g/mol. The van der Waals surface area contributed by atoms with Crippen molar-refractivity contribution in [2.75, 3.05) is 6.54 Å². The van der Waals surface area contributed by atoms with Crippen molar-refractivity contribution >= 4 is 33.9 Å². The van der Waals surface area contributed by atoms with Crippen molar-refractivity contribution in [2.24, 2.45) is 5.92 Å². The first-order valence-corrected chi connectivity index (χ1v) is 8.89. The van der Waals surface area contributed by atoms with Crippen LogP contribution in [0, 0.1) is 12.8 Å². The Morgan fingerprint density at radius 1 is 1.50 bits per heavy atom. The highest BCUT2D eigenvalue weighted by molar-refractivity contribution is 7.18. The van der Waals surface area contributed by atoms with Gasteiger partial charge in [-0.25, -0.2) is 10.0 Å². The van der Waals surface area contributed by atoms with Crippen molar-refractivity contribution in [1.82, 2.24) is 15.4 Å². The van der Waals surface area contributed by atoms with Gasteiger partial charge in [0.15, 0.2) is 0 Å². The summed E-state index contributed by atoms with van der Waals surface area (Å²) in [6.07, 6.45) is 2.77. The average Bonchev–Trinajstić information content (AvgIpc) is 2.98. The van der Waals surface area contributed by atoms with Gasteiger partial charge in [-0.15, -0.1) is 11.3 Å². The molecule has 2 amide bonds. The van der Waals surface area contributed by atoms with Gasteiger partial charge < -0.3 is 5.32 Å². The van der Waals surface area contributed by atoms with E-state index >= 15 is 0 Å². The number of benzene rings is 1. The summed E-state index contributed by atoms with van der Waals surface area (Å²) in [7, 11) is 0. The van der Waals surface area contributed by atoms with Crippen LogP contribution in [0.3, 0.4) is 0 Å². The number of unbranched alkanes of at least 4 members (excludes halogenated alkanes) is 1. The molecule has 0 fully saturated rings. The van der Waals surface area contributed by atoms with E-state index in [-0.39, 0.29) is 12.5 Å². The zero-order chi connectivity index (χ0) is 17.5. The Hall–Kier alpha value is -1.99. The minimum atomic E-state index is -0.420. The number of rotatable bonds is 9. The Bertz CT molecular complexity index is 701. The molecular formula is C17H23N3O3S. The van der Waals surface area contributed by atoms with E-state index in [4.69, 9.17) is 0 Å². The van der Waals surface area contributed by atoms with Gasteiger partial charge >= 0.3 is 0 Å². The first-order chi connectivity index (χ1) is 11.5. The van der Waals surface area contributed by atoms with Crippen LogP contribution < -0.4 is 5.32 Å². The highest BCUT2D eigenvalue weighted by atomic mass is 32.1. The number of fused-ring (bicyclic) bond motifs is 1. The van der Waals surface area contributed by atoms with Gasteiger partial charge in [0.2, 0.25) is 12.3 Å². The maximum Gasteiger partial charge on any atom is 0.233 e. The average molecular weight is 349 g/mol. The number of nitrogens with one attached hydrogen (secondary N) is 1. The number of carbonyl (C=O) groups is 2. The second kappa shape index (κ2) is 8.75. The molecule has 0 aliphatic carbocycles. The van der Waals surface area contributed by atoms with E-state index in [9.17, 15) is 14.8 Å². The molecule has 1 aromatic carbocycles. The third-order valence-electron chi connectivity index (χ3n) is 3.81. The number of thiazole rings is 1. The number of nitrogens with zero attached hydrogens (tertiary/aromatic N) is 2. The van der Waals surface area contributed by atoms with Crippen molar-refractivity contribution in [3.05, 3.63) is 28.8 Å². The zero-order valence-electron chi connectivity index (χ0n) is 14.0. The number of amides is 2. The molecule has 2 N–H and O–H groups in total. The van der Waals surface area contributed by atoms with Crippen LogP contribution in [0.15, 0.2) is 18.2 Å². The summed E-state index contributed by atoms with van der Waals surface area (Å²) < 4.78 is 1.10. The lowest BCUT2D eigenvalue weighted by Gasteiger charge is -2.19. The highest BCUT2D eigenvalue weighted by Crippen LogP contribution is 2.23. The number of aromatic nitrogens is 1. The molecule has 0 saturated carbocycles. The topological polar surface area (TPSA) is 82.5 Å². The van der Waals surface area contributed by atoms with Crippen molar-refractivity contribution in [3.8, 4) is 0 Å². The summed E-state index contributed by atoms with van der Waals surface area (Å²) >= 11 is 1.56. The summed E-state index contributed by atoms with van der Waals surface area (Å²) in [6.45, 7) is 4.43. The standard InChI is InChI=1S/C17H23N3O3S/c1-3-4-5-13(10-20(23)11-21)17(22)18-9-16-19-14-7-6-12(2)8-15(14)24-16/h6-8,11,13,23H,3-5,9-10H2,1-2H3,(H,18,22). The lowest BCUT2D eigenvalue weighted by molar-refractivity contribution is -0.154. The lowest BCUT2D eigenvalue weighted by atomic mass is 10.0. The third kappa shape index (κ3) is 5.01. The number of hydrogen-bond donors (Lipinski definition) is 2. The molecule has 0 aliphatic rings. The molecule has 1 atom stereocenters. The molecule has 24 heavy (non-hydrogen) atoms. The maximum absolute atomic E-state index is 12.4. The highest BCUT2D eigenvalue weighted by Gasteiger charge is 2.20. The van der Waals surface area contributed by atoms with E-state index in [1.54, 1.807) is 11.3 Å². The molecule has 2 rings (SSSR count). The molecule has 2 aromatic rings. The first kappa shape index (κ1) is 18.4. The van der Waals surface area contributed by atoms with Crippen LogP contribution in [0.4, 0.5) is 0 Å². The summed E-state index contributed by atoms with van der Waals surface area (Å²) in [5.41, 5.74) is 2.11. The Balaban J connectivity index is 1.98. The second-order valence-corrected chi connectivity index (χ2v) is 6.98. The molecule has 1 aromatic heterocycles. The SMILES string of the molecule is CCCCC(CN(O)C=O)C(=O)NCc1nc2ccc(C)cc2s1. The van der Waals surface area contributed by atoms with Crippen molar-refractivity contribution in [1.29, 1.82) is 0 Å². The van der Waals surface area contributed by atoms with E-state index in [1.165, 1.54) is 5.56 Å². The van der Waals surface area contributed by atoms with Gasteiger partial charge in [0, 0.05) is 0 Å². The Morgan fingerprint density at radius 2 is 2.29 bits per heavy atom. The molecule has 130 valence electrons. The van der Waals surface area contributed by atoms with Gasteiger partial charge in [0.05, 0.1) is 29.2 Å². The van der Waals surface area contributed by atoms with E-state index in [2.05, 4.69) is 16.4 Å². The largest absolute Gasteiger partial charge is 0.349 e. The van der Waals surface area contributed by atoms with Gasteiger partial charge in [-0.1, -0.05) is 25.8 Å². The van der Waals surface area contributed by atoms with Gasteiger partial charge in [-0.3, -0.25) is 14.8 Å². The number of aryl methyl sites for hydroxylation is 1. The molecule has 0 aliphatic heterocycles.